The van der Waals surface area contributed by atoms with Gasteiger partial charge in [-0.3, -0.25) is 9.48 Å². The Balaban J connectivity index is 1.89. The lowest BCUT2D eigenvalue weighted by atomic mass is 9.95. The van der Waals surface area contributed by atoms with Crippen LogP contribution in [-0.4, -0.2) is 22.2 Å². The fraction of sp³-hybridized carbons (Fsp3) is 0.333. The van der Waals surface area contributed by atoms with E-state index in [-0.39, 0.29) is 5.91 Å². The van der Waals surface area contributed by atoms with Crippen LogP contribution in [0.4, 0.5) is 5.69 Å². The van der Waals surface area contributed by atoms with Crippen molar-refractivity contribution in [3.8, 4) is 0 Å². The summed E-state index contributed by atoms with van der Waals surface area (Å²) >= 11 is 0. The standard InChI is InChI=1S/C15H18N4O/c1-10-14(9-19(2)18-10)17-15(20)13-5-3-4-11-8-16-7-6-12(11)13/h3-5,9,16H,6-8H2,1-2H3,(H,17,20). The molecular formula is C15H18N4O. The summed E-state index contributed by atoms with van der Waals surface area (Å²) in [4.78, 5) is 12.5. The van der Waals surface area contributed by atoms with Crippen molar-refractivity contribution < 1.29 is 4.79 Å². The fourth-order valence-corrected chi connectivity index (χ4v) is 2.66. The zero-order valence-electron chi connectivity index (χ0n) is 11.7. The Morgan fingerprint density at radius 1 is 1.45 bits per heavy atom. The van der Waals surface area contributed by atoms with Crippen molar-refractivity contribution in [2.24, 2.45) is 7.05 Å². The van der Waals surface area contributed by atoms with Crippen LogP contribution < -0.4 is 10.6 Å². The van der Waals surface area contributed by atoms with E-state index in [1.165, 1.54) is 5.56 Å². The summed E-state index contributed by atoms with van der Waals surface area (Å²) in [5.41, 5.74) is 4.74. The van der Waals surface area contributed by atoms with E-state index in [1.54, 1.807) is 4.68 Å². The molecule has 5 heteroatoms. The Labute approximate surface area is 118 Å². The van der Waals surface area contributed by atoms with Crippen LogP contribution in [0.25, 0.3) is 0 Å². The maximum atomic E-state index is 12.5. The number of anilines is 1. The molecule has 0 atom stereocenters. The summed E-state index contributed by atoms with van der Waals surface area (Å²) in [5, 5.41) is 10.5. The summed E-state index contributed by atoms with van der Waals surface area (Å²) in [6.07, 6.45) is 2.72. The first kappa shape index (κ1) is 12.9. The largest absolute Gasteiger partial charge is 0.319 e. The smallest absolute Gasteiger partial charge is 0.256 e. The van der Waals surface area contributed by atoms with Gasteiger partial charge in [0, 0.05) is 25.4 Å². The van der Waals surface area contributed by atoms with Crippen molar-refractivity contribution in [1.82, 2.24) is 15.1 Å². The molecule has 1 aliphatic heterocycles. The number of rotatable bonds is 2. The number of hydrogen-bond donors (Lipinski definition) is 2. The van der Waals surface area contributed by atoms with Crippen LogP contribution >= 0.6 is 0 Å². The number of carbonyl (C=O) groups is 1. The number of aromatic nitrogens is 2. The maximum absolute atomic E-state index is 12.5. The highest BCUT2D eigenvalue weighted by Crippen LogP contribution is 2.20. The molecule has 0 bridgehead atoms. The van der Waals surface area contributed by atoms with Crippen LogP contribution in [-0.2, 0) is 20.0 Å². The molecule has 1 aromatic heterocycles. The number of fused-ring (bicyclic) bond motifs is 1. The van der Waals surface area contributed by atoms with Gasteiger partial charge in [-0.25, -0.2) is 0 Å². The average Bonchev–Trinajstić information content (AvgIpc) is 2.76. The third-order valence-electron chi connectivity index (χ3n) is 3.65. The highest BCUT2D eigenvalue weighted by molar-refractivity contribution is 6.05. The lowest BCUT2D eigenvalue weighted by molar-refractivity contribution is 0.102. The van der Waals surface area contributed by atoms with Gasteiger partial charge in [-0.05, 0) is 37.1 Å². The van der Waals surface area contributed by atoms with Gasteiger partial charge >= 0.3 is 0 Å². The average molecular weight is 270 g/mol. The predicted molar refractivity (Wildman–Crippen MR) is 77.8 cm³/mol. The number of hydrogen-bond acceptors (Lipinski definition) is 3. The van der Waals surface area contributed by atoms with Gasteiger partial charge in [0.05, 0.1) is 11.4 Å². The molecule has 1 aromatic carbocycles. The first-order chi connectivity index (χ1) is 9.65. The van der Waals surface area contributed by atoms with Crippen LogP contribution in [0.3, 0.4) is 0 Å². The fourth-order valence-electron chi connectivity index (χ4n) is 2.66. The van der Waals surface area contributed by atoms with Gasteiger partial charge in [0.25, 0.3) is 5.91 Å². The molecule has 5 nitrogen and oxygen atoms in total. The highest BCUT2D eigenvalue weighted by atomic mass is 16.1. The molecule has 2 heterocycles. The third kappa shape index (κ3) is 2.32. The summed E-state index contributed by atoms with van der Waals surface area (Å²) in [6, 6.07) is 5.91. The van der Waals surface area contributed by atoms with Crippen molar-refractivity contribution in [1.29, 1.82) is 0 Å². The second-order valence-corrected chi connectivity index (χ2v) is 5.13. The maximum Gasteiger partial charge on any atom is 0.256 e. The monoisotopic (exact) mass is 270 g/mol. The number of benzene rings is 1. The zero-order chi connectivity index (χ0) is 14.1. The zero-order valence-corrected chi connectivity index (χ0v) is 11.7. The molecule has 0 spiro atoms. The lowest BCUT2D eigenvalue weighted by Gasteiger charge is -2.19. The van der Waals surface area contributed by atoms with E-state index in [0.717, 1.165) is 42.0 Å². The van der Waals surface area contributed by atoms with Crippen molar-refractivity contribution in [3.05, 3.63) is 46.8 Å². The van der Waals surface area contributed by atoms with Crippen LogP contribution in [0.5, 0.6) is 0 Å². The van der Waals surface area contributed by atoms with Gasteiger partial charge in [0.2, 0.25) is 0 Å². The second-order valence-electron chi connectivity index (χ2n) is 5.13. The Bertz CT molecular complexity index is 660. The molecule has 1 amide bonds. The summed E-state index contributed by atoms with van der Waals surface area (Å²) in [6.45, 7) is 3.64. The van der Waals surface area contributed by atoms with Crippen LogP contribution in [0.15, 0.2) is 24.4 Å². The van der Waals surface area contributed by atoms with Gasteiger partial charge in [-0.15, -0.1) is 0 Å². The molecule has 0 fully saturated rings. The minimum Gasteiger partial charge on any atom is -0.319 e. The van der Waals surface area contributed by atoms with E-state index in [4.69, 9.17) is 0 Å². The molecule has 0 radical (unpaired) electrons. The van der Waals surface area contributed by atoms with E-state index in [9.17, 15) is 4.79 Å². The number of amides is 1. The van der Waals surface area contributed by atoms with Crippen LogP contribution in [0.1, 0.15) is 27.2 Å². The molecule has 1 aliphatic rings. The molecular weight excluding hydrogens is 252 g/mol. The Morgan fingerprint density at radius 3 is 3.05 bits per heavy atom. The molecule has 2 aromatic rings. The number of aryl methyl sites for hydroxylation is 2. The number of nitrogens with zero attached hydrogens (tertiary/aromatic N) is 2. The molecule has 104 valence electrons. The Hall–Kier alpha value is -2.14. The molecule has 0 saturated heterocycles. The van der Waals surface area contributed by atoms with Gasteiger partial charge in [0.15, 0.2) is 0 Å². The van der Waals surface area contributed by atoms with Crippen molar-refractivity contribution in [2.75, 3.05) is 11.9 Å². The van der Waals surface area contributed by atoms with E-state index >= 15 is 0 Å². The Morgan fingerprint density at radius 2 is 2.30 bits per heavy atom. The molecule has 0 unspecified atom stereocenters. The van der Waals surface area contributed by atoms with Gasteiger partial charge < -0.3 is 10.6 Å². The topological polar surface area (TPSA) is 59.0 Å². The molecule has 0 saturated carbocycles. The van der Waals surface area contributed by atoms with Gasteiger partial charge in [-0.1, -0.05) is 12.1 Å². The van der Waals surface area contributed by atoms with E-state index in [1.807, 2.05) is 32.3 Å². The predicted octanol–water partition coefficient (Wildman–Crippen LogP) is 1.63. The SMILES string of the molecule is Cc1nn(C)cc1NC(=O)c1cccc2c1CCNC2. The van der Waals surface area contributed by atoms with Gasteiger partial charge in [0.1, 0.15) is 0 Å². The first-order valence-corrected chi connectivity index (χ1v) is 6.78. The summed E-state index contributed by atoms with van der Waals surface area (Å²) in [7, 11) is 1.85. The highest BCUT2D eigenvalue weighted by Gasteiger charge is 2.18. The first-order valence-electron chi connectivity index (χ1n) is 6.78. The minimum atomic E-state index is -0.0557. The van der Waals surface area contributed by atoms with Crippen LogP contribution in [0.2, 0.25) is 0 Å². The van der Waals surface area contributed by atoms with Crippen molar-refractivity contribution in [3.63, 3.8) is 0 Å². The third-order valence-corrected chi connectivity index (χ3v) is 3.65. The lowest BCUT2D eigenvalue weighted by Crippen LogP contribution is -2.26. The van der Waals surface area contributed by atoms with Crippen molar-refractivity contribution in [2.45, 2.75) is 19.9 Å². The quantitative estimate of drug-likeness (QED) is 0.872. The van der Waals surface area contributed by atoms with Gasteiger partial charge in [-0.2, -0.15) is 5.10 Å². The summed E-state index contributed by atoms with van der Waals surface area (Å²) < 4.78 is 1.70. The molecule has 20 heavy (non-hydrogen) atoms. The Kier molecular flexibility index (Phi) is 3.28. The summed E-state index contributed by atoms with van der Waals surface area (Å²) in [5.74, 6) is -0.0557. The van der Waals surface area contributed by atoms with E-state index < -0.39 is 0 Å². The van der Waals surface area contributed by atoms with E-state index in [0.29, 0.717) is 0 Å². The number of carbonyl (C=O) groups excluding carboxylic acids is 1. The van der Waals surface area contributed by atoms with Crippen LogP contribution in [0, 0.1) is 6.92 Å². The van der Waals surface area contributed by atoms with Crippen molar-refractivity contribution >= 4 is 11.6 Å². The minimum absolute atomic E-state index is 0.0557. The molecule has 0 aliphatic carbocycles. The second kappa shape index (κ2) is 5.09. The normalized spacial score (nSPS) is 13.9. The number of nitrogens with one attached hydrogen (secondary N) is 2. The molecule has 3 rings (SSSR count). The molecule has 2 N–H and O–H groups in total. The van der Waals surface area contributed by atoms with E-state index in [2.05, 4.69) is 21.8 Å².